The average Bonchev–Trinajstić information content (AvgIpc) is 2.48. The van der Waals surface area contributed by atoms with Gasteiger partial charge in [0.1, 0.15) is 11.5 Å². The van der Waals surface area contributed by atoms with E-state index in [1.165, 1.54) is 13.2 Å². The summed E-state index contributed by atoms with van der Waals surface area (Å²) in [4.78, 5) is 2.16. The highest BCUT2D eigenvalue weighted by molar-refractivity contribution is 5.40. The largest absolute Gasteiger partial charge is 0.497 e. The fourth-order valence-electron chi connectivity index (χ4n) is 2.95. The maximum Gasteiger partial charge on any atom is 0.387 e. The Kier molecular flexibility index (Phi) is 5.58. The zero-order valence-corrected chi connectivity index (χ0v) is 13.0. The van der Waals surface area contributed by atoms with Gasteiger partial charge < -0.3 is 14.6 Å². The summed E-state index contributed by atoms with van der Waals surface area (Å²) in [6.45, 7) is 1.42. The third-order valence-electron chi connectivity index (χ3n) is 4.12. The molecule has 0 unspecified atom stereocenters. The van der Waals surface area contributed by atoms with Gasteiger partial charge in [-0.2, -0.15) is 8.78 Å². The van der Waals surface area contributed by atoms with Crippen molar-refractivity contribution in [1.82, 2.24) is 4.90 Å². The van der Waals surface area contributed by atoms with Crippen LogP contribution in [0, 0.1) is 5.41 Å². The zero-order chi connectivity index (χ0) is 16.2. The fourth-order valence-corrected chi connectivity index (χ4v) is 2.95. The van der Waals surface area contributed by atoms with Crippen molar-refractivity contribution >= 4 is 0 Å². The molecule has 4 nitrogen and oxygen atoms in total. The second-order valence-electron chi connectivity index (χ2n) is 6.14. The van der Waals surface area contributed by atoms with E-state index < -0.39 is 6.61 Å². The van der Waals surface area contributed by atoms with E-state index in [0.29, 0.717) is 17.9 Å². The van der Waals surface area contributed by atoms with Crippen LogP contribution >= 0.6 is 0 Å². The van der Waals surface area contributed by atoms with Gasteiger partial charge in [0, 0.05) is 30.7 Å². The number of nitrogens with zero attached hydrogens (tertiary/aromatic N) is 1. The van der Waals surface area contributed by atoms with E-state index in [9.17, 15) is 13.9 Å². The van der Waals surface area contributed by atoms with Crippen molar-refractivity contribution in [2.75, 3.05) is 26.8 Å². The molecule has 1 aromatic rings. The van der Waals surface area contributed by atoms with Crippen molar-refractivity contribution in [2.45, 2.75) is 32.9 Å². The molecule has 0 spiro atoms. The van der Waals surface area contributed by atoms with Crippen LogP contribution in [-0.4, -0.2) is 43.4 Å². The van der Waals surface area contributed by atoms with E-state index in [0.717, 1.165) is 25.9 Å². The molecule has 0 aliphatic carbocycles. The molecular formula is C16H23F2NO3. The van der Waals surface area contributed by atoms with Gasteiger partial charge in [-0.3, -0.25) is 4.90 Å². The number of likely N-dealkylation sites (tertiary alicyclic amines) is 1. The molecule has 22 heavy (non-hydrogen) atoms. The van der Waals surface area contributed by atoms with Crippen LogP contribution in [0.15, 0.2) is 18.2 Å². The number of hydrogen-bond donors (Lipinski definition) is 1. The van der Waals surface area contributed by atoms with Crippen molar-refractivity contribution in [1.29, 1.82) is 0 Å². The molecule has 124 valence electrons. The monoisotopic (exact) mass is 315 g/mol. The third kappa shape index (κ3) is 4.30. The fraction of sp³-hybridized carbons (Fsp3) is 0.625. The average molecular weight is 315 g/mol. The van der Waals surface area contributed by atoms with Gasteiger partial charge in [-0.05, 0) is 37.6 Å². The molecule has 1 heterocycles. The summed E-state index contributed by atoms with van der Waals surface area (Å²) in [5.74, 6) is 0.783. The summed E-state index contributed by atoms with van der Waals surface area (Å²) in [7, 11) is 1.54. The molecule has 0 radical (unpaired) electrons. The van der Waals surface area contributed by atoms with Crippen LogP contribution in [0.5, 0.6) is 11.5 Å². The molecule has 0 aromatic heterocycles. The molecule has 1 saturated heterocycles. The second kappa shape index (κ2) is 7.24. The SMILES string of the molecule is COc1ccc(OC(F)F)c(CN2CCC[C@](C)(CO)C2)c1. The van der Waals surface area contributed by atoms with Crippen molar-refractivity contribution < 1.29 is 23.4 Å². The molecule has 1 aromatic carbocycles. The number of aliphatic hydroxyl groups excluding tert-OH is 1. The van der Waals surface area contributed by atoms with Gasteiger partial charge in [-0.15, -0.1) is 0 Å². The highest BCUT2D eigenvalue weighted by Gasteiger charge is 2.30. The van der Waals surface area contributed by atoms with Crippen LogP contribution in [-0.2, 0) is 6.54 Å². The van der Waals surface area contributed by atoms with Crippen LogP contribution in [0.2, 0.25) is 0 Å². The van der Waals surface area contributed by atoms with Gasteiger partial charge in [-0.1, -0.05) is 6.92 Å². The molecule has 2 rings (SSSR count). The minimum atomic E-state index is -2.85. The summed E-state index contributed by atoms with van der Waals surface area (Å²) >= 11 is 0. The maximum atomic E-state index is 12.5. The standard InChI is InChI=1S/C16H23F2NO3/c1-16(11-20)6-3-7-19(10-16)9-12-8-13(21-2)4-5-14(12)22-15(17)18/h4-5,8,15,20H,3,6-7,9-11H2,1-2H3/t16-/m0/s1. The van der Waals surface area contributed by atoms with Gasteiger partial charge in [0.15, 0.2) is 0 Å². The third-order valence-corrected chi connectivity index (χ3v) is 4.12. The molecule has 6 heteroatoms. The second-order valence-corrected chi connectivity index (χ2v) is 6.14. The Labute approximate surface area is 129 Å². The molecule has 0 saturated carbocycles. The van der Waals surface area contributed by atoms with Gasteiger partial charge in [0.05, 0.1) is 7.11 Å². The number of piperidine rings is 1. The van der Waals surface area contributed by atoms with E-state index in [-0.39, 0.29) is 17.8 Å². The minimum Gasteiger partial charge on any atom is -0.497 e. The van der Waals surface area contributed by atoms with Crippen LogP contribution in [0.1, 0.15) is 25.3 Å². The summed E-state index contributed by atoms with van der Waals surface area (Å²) < 4.78 is 34.8. The number of alkyl halides is 2. The highest BCUT2D eigenvalue weighted by atomic mass is 19.3. The molecule has 0 amide bonds. The number of methoxy groups -OCH3 is 1. The first-order chi connectivity index (χ1) is 10.5. The minimum absolute atomic E-state index is 0.127. The molecule has 1 fully saturated rings. The van der Waals surface area contributed by atoms with Crippen LogP contribution in [0.3, 0.4) is 0 Å². The van der Waals surface area contributed by atoms with E-state index in [1.807, 2.05) is 6.92 Å². The Bertz CT molecular complexity index is 498. The lowest BCUT2D eigenvalue weighted by atomic mass is 9.82. The van der Waals surface area contributed by atoms with E-state index >= 15 is 0 Å². The molecular weight excluding hydrogens is 292 g/mol. The lowest BCUT2D eigenvalue weighted by molar-refractivity contribution is -0.0511. The van der Waals surface area contributed by atoms with E-state index in [2.05, 4.69) is 9.64 Å². The number of hydrogen-bond acceptors (Lipinski definition) is 4. The molecule has 1 aliphatic rings. The Balaban J connectivity index is 2.16. The zero-order valence-electron chi connectivity index (χ0n) is 13.0. The summed E-state index contributed by atoms with van der Waals surface area (Å²) in [5, 5.41) is 9.52. The van der Waals surface area contributed by atoms with Gasteiger partial charge in [0.25, 0.3) is 0 Å². The van der Waals surface area contributed by atoms with Crippen LogP contribution in [0.4, 0.5) is 8.78 Å². The molecule has 0 bridgehead atoms. The van der Waals surface area contributed by atoms with E-state index in [4.69, 9.17) is 4.74 Å². The number of halogens is 2. The first kappa shape index (κ1) is 17.0. The number of ether oxygens (including phenoxy) is 2. The first-order valence-electron chi connectivity index (χ1n) is 7.41. The van der Waals surface area contributed by atoms with Gasteiger partial charge >= 0.3 is 6.61 Å². The topological polar surface area (TPSA) is 41.9 Å². The number of benzene rings is 1. The van der Waals surface area contributed by atoms with Gasteiger partial charge in [-0.25, -0.2) is 0 Å². The molecule has 1 aliphatic heterocycles. The normalized spacial score (nSPS) is 22.8. The number of aliphatic hydroxyl groups is 1. The Morgan fingerprint density at radius 3 is 2.82 bits per heavy atom. The molecule has 1 atom stereocenters. The lowest BCUT2D eigenvalue weighted by Crippen LogP contribution is -2.43. The lowest BCUT2D eigenvalue weighted by Gasteiger charge is -2.39. The van der Waals surface area contributed by atoms with Crippen LogP contribution in [0.25, 0.3) is 0 Å². The smallest absolute Gasteiger partial charge is 0.387 e. The van der Waals surface area contributed by atoms with Crippen LogP contribution < -0.4 is 9.47 Å². The first-order valence-corrected chi connectivity index (χ1v) is 7.41. The Morgan fingerprint density at radius 1 is 1.41 bits per heavy atom. The Hall–Kier alpha value is -1.40. The Morgan fingerprint density at radius 2 is 2.18 bits per heavy atom. The maximum absolute atomic E-state index is 12.5. The van der Waals surface area contributed by atoms with Crippen molar-refractivity contribution in [2.24, 2.45) is 5.41 Å². The number of rotatable bonds is 6. The van der Waals surface area contributed by atoms with Crippen molar-refractivity contribution in [3.05, 3.63) is 23.8 Å². The summed E-state index contributed by atoms with van der Waals surface area (Å²) in [6.07, 6.45) is 1.95. The van der Waals surface area contributed by atoms with E-state index in [1.54, 1.807) is 12.1 Å². The van der Waals surface area contributed by atoms with Crippen molar-refractivity contribution in [3.63, 3.8) is 0 Å². The summed E-state index contributed by atoms with van der Waals surface area (Å²) in [6, 6.07) is 4.84. The highest BCUT2D eigenvalue weighted by Crippen LogP contribution is 2.32. The predicted molar refractivity (Wildman–Crippen MR) is 79.3 cm³/mol. The van der Waals surface area contributed by atoms with Crippen molar-refractivity contribution in [3.8, 4) is 11.5 Å². The predicted octanol–water partition coefficient (Wildman–Crippen LogP) is 2.89. The summed E-state index contributed by atoms with van der Waals surface area (Å²) in [5.41, 5.74) is 0.530. The van der Waals surface area contributed by atoms with Gasteiger partial charge in [0.2, 0.25) is 0 Å². The quantitative estimate of drug-likeness (QED) is 0.876. The molecule has 1 N–H and O–H groups in total.